The molecule has 0 saturated heterocycles. The Hall–Kier alpha value is -3.03. The number of alkyl halides is 3. The Balaban J connectivity index is 1.72. The Kier molecular flexibility index (Phi) is 5.34. The third kappa shape index (κ3) is 5.22. The molecule has 0 unspecified atom stereocenters. The largest absolute Gasteiger partial charge is 0.393 e. The molecule has 8 heteroatoms. The third-order valence-electron chi connectivity index (χ3n) is 3.88. The maximum atomic E-state index is 13.0. The fraction of sp³-hybridized carbons (Fsp3) is 0.211. The van der Waals surface area contributed by atoms with Gasteiger partial charge in [0.1, 0.15) is 11.6 Å². The molecule has 3 rings (SSSR count). The molecule has 3 aromatic rings. The molecule has 0 aliphatic rings. The molecule has 2 heterocycles. The Bertz CT molecular complexity index is 893. The summed E-state index contributed by atoms with van der Waals surface area (Å²) in [5, 5.41) is 3.14. The number of halogens is 4. The molecule has 0 spiro atoms. The van der Waals surface area contributed by atoms with Crippen molar-refractivity contribution in [3.05, 3.63) is 72.1 Å². The van der Waals surface area contributed by atoms with Crippen molar-refractivity contribution in [3.8, 4) is 11.3 Å². The van der Waals surface area contributed by atoms with Crippen LogP contribution in [0.2, 0.25) is 0 Å². The van der Waals surface area contributed by atoms with Crippen molar-refractivity contribution >= 4 is 5.82 Å². The Morgan fingerprint density at radius 2 is 1.74 bits per heavy atom. The molecular formula is C19H16F4N4. The second-order valence-corrected chi connectivity index (χ2v) is 6.08. The van der Waals surface area contributed by atoms with Crippen LogP contribution in [0.5, 0.6) is 0 Å². The molecule has 0 bridgehead atoms. The zero-order valence-corrected chi connectivity index (χ0v) is 14.3. The van der Waals surface area contributed by atoms with Crippen LogP contribution >= 0.6 is 0 Å². The van der Waals surface area contributed by atoms with Crippen LogP contribution < -0.4 is 5.32 Å². The second kappa shape index (κ2) is 7.69. The van der Waals surface area contributed by atoms with E-state index in [0.29, 0.717) is 17.1 Å². The number of nitrogens with zero attached hydrogens (tertiary/aromatic N) is 3. The lowest BCUT2D eigenvalue weighted by Crippen LogP contribution is -2.11. The highest BCUT2D eigenvalue weighted by Gasteiger charge is 2.27. The smallest absolute Gasteiger partial charge is 0.362 e. The van der Waals surface area contributed by atoms with E-state index in [0.717, 1.165) is 5.56 Å². The summed E-state index contributed by atoms with van der Waals surface area (Å²) in [6, 6.07) is 7.38. The maximum absolute atomic E-state index is 13.0. The monoisotopic (exact) mass is 376 g/mol. The first-order chi connectivity index (χ1) is 12.8. The Morgan fingerprint density at radius 1 is 1.00 bits per heavy atom. The van der Waals surface area contributed by atoms with Crippen LogP contribution in [0.25, 0.3) is 11.3 Å². The van der Waals surface area contributed by atoms with E-state index in [1.54, 1.807) is 12.1 Å². The van der Waals surface area contributed by atoms with E-state index in [1.807, 2.05) is 6.92 Å². The van der Waals surface area contributed by atoms with Crippen LogP contribution in [0, 0.1) is 5.82 Å². The van der Waals surface area contributed by atoms with Gasteiger partial charge in [0.2, 0.25) is 0 Å². The molecule has 1 atom stereocenters. The number of hydrogen-bond donors (Lipinski definition) is 1. The molecule has 27 heavy (non-hydrogen) atoms. The Labute approximate surface area is 153 Å². The lowest BCUT2D eigenvalue weighted by atomic mass is 10.1. The van der Waals surface area contributed by atoms with E-state index in [1.165, 1.54) is 43.0 Å². The van der Waals surface area contributed by atoms with Crippen LogP contribution in [0.4, 0.5) is 23.4 Å². The second-order valence-electron chi connectivity index (χ2n) is 6.08. The zero-order chi connectivity index (χ0) is 19.4. The van der Waals surface area contributed by atoms with Crippen molar-refractivity contribution < 1.29 is 17.6 Å². The van der Waals surface area contributed by atoms with Gasteiger partial charge in [-0.1, -0.05) is 12.1 Å². The summed E-state index contributed by atoms with van der Waals surface area (Å²) in [6.07, 6.45) is 0.245. The first kappa shape index (κ1) is 18.8. The van der Waals surface area contributed by atoms with Crippen molar-refractivity contribution in [2.45, 2.75) is 25.6 Å². The molecule has 4 nitrogen and oxygen atoms in total. The van der Waals surface area contributed by atoms with Crippen molar-refractivity contribution in [2.24, 2.45) is 0 Å². The summed E-state index contributed by atoms with van der Waals surface area (Å²) in [5.41, 5.74) is 1.83. The fourth-order valence-electron chi connectivity index (χ4n) is 2.56. The summed E-state index contributed by atoms with van der Waals surface area (Å²) < 4.78 is 50.6. The van der Waals surface area contributed by atoms with Crippen LogP contribution in [-0.4, -0.2) is 21.1 Å². The first-order valence-corrected chi connectivity index (χ1v) is 8.15. The molecule has 0 saturated carbocycles. The van der Waals surface area contributed by atoms with Gasteiger partial charge in [-0.15, -0.1) is 0 Å². The maximum Gasteiger partial charge on any atom is 0.393 e. The van der Waals surface area contributed by atoms with E-state index >= 15 is 0 Å². The van der Waals surface area contributed by atoms with E-state index in [-0.39, 0.29) is 17.4 Å². The molecule has 1 aromatic carbocycles. The first-order valence-electron chi connectivity index (χ1n) is 8.15. The molecule has 0 amide bonds. The zero-order valence-electron chi connectivity index (χ0n) is 14.3. The van der Waals surface area contributed by atoms with Gasteiger partial charge in [0.05, 0.1) is 24.5 Å². The predicted molar refractivity (Wildman–Crippen MR) is 93.5 cm³/mol. The number of anilines is 1. The molecule has 0 radical (unpaired) electrons. The summed E-state index contributed by atoms with van der Waals surface area (Å²) >= 11 is 0. The topological polar surface area (TPSA) is 50.7 Å². The van der Waals surface area contributed by atoms with Crippen LogP contribution in [-0.2, 0) is 6.42 Å². The predicted octanol–water partition coefficient (Wildman–Crippen LogP) is 4.96. The average molecular weight is 376 g/mol. The average Bonchev–Trinajstić information content (AvgIpc) is 2.61. The van der Waals surface area contributed by atoms with Crippen molar-refractivity contribution in [3.63, 3.8) is 0 Å². The van der Waals surface area contributed by atoms with Gasteiger partial charge in [0, 0.05) is 24.0 Å². The molecular weight excluding hydrogens is 360 g/mol. The van der Waals surface area contributed by atoms with Gasteiger partial charge in [-0.3, -0.25) is 9.97 Å². The van der Waals surface area contributed by atoms with Crippen LogP contribution in [0.1, 0.15) is 24.1 Å². The SMILES string of the molecule is C[C@@H](Nc1cnc(-c2cncc(CC(F)(F)F)c2)cn1)c1ccc(F)cc1. The number of hydrogen-bond acceptors (Lipinski definition) is 4. The normalized spacial score (nSPS) is 12.6. The lowest BCUT2D eigenvalue weighted by molar-refractivity contribution is -0.127. The quantitative estimate of drug-likeness (QED) is 0.640. The molecule has 1 N–H and O–H groups in total. The van der Waals surface area contributed by atoms with Gasteiger partial charge in [0.15, 0.2) is 0 Å². The van der Waals surface area contributed by atoms with Crippen molar-refractivity contribution in [1.82, 2.24) is 15.0 Å². The number of pyridine rings is 1. The van der Waals surface area contributed by atoms with E-state index in [9.17, 15) is 17.6 Å². The van der Waals surface area contributed by atoms with Gasteiger partial charge in [0.25, 0.3) is 0 Å². The van der Waals surface area contributed by atoms with Gasteiger partial charge < -0.3 is 5.32 Å². The molecule has 140 valence electrons. The van der Waals surface area contributed by atoms with Gasteiger partial charge in [-0.25, -0.2) is 9.37 Å². The summed E-state index contributed by atoms with van der Waals surface area (Å²) in [7, 11) is 0. The standard InChI is InChI=1S/C19H16F4N4/c1-12(14-2-4-16(20)5-3-14)27-18-11-25-17(10-26-18)15-6-13(8-24-9-15)7-19(21,22)23/h2-6,8-12H,7H2,1H3,(H,26,27)/t12-/m1/s1. The highest BCUT2D eigenvalue weighted by Crippen LogP contribution is 2.24. The highest BCUT2D eigenvalue weighted by atomic mass is 19.4. The Morgan fingerprint density at radius 3 is 2.37 bits per heavy atom. The van der Waals surface area contributed by atoms with E-state index < -0.39 is 12.6 Å². The van der Waals surface area contributed by atoms with Crippen LogP contribution in [0.15, 0.2) is 55.1 Å². The third-order valence-corrected chi connectivity index (χ3v) is 3.88. The number of aromatic nitrogens is 3. The van der Waals surface area contributed by atoms with Crippen molar-refractivity contribution in [1.29, 1.82) is 0 Å². The minimum Gasteiger partial charge on any atom is -0.362 e. The summed E-state index contributed by atoms with van der Waals surface area (Å²) in [5.74, 6) is 0.187. The lowest BCUT2D eigenvalue weighted by Gasteiger charge is -2.15. The van der Waals surface area contributed by atoms with Crippen LogP contribution in [0.3, 0.4) is 0 Å². The van der Waals surface area contributed by atoms with E-state index in [2.05, 4.69) is 20.3 Å². The number of benzene rings is 1. The van der Waals surface area contributed by atoms with Gasteiger partial charge in [-0.05, 0) is 36.2 Å². The summed E-state index contributed by atoms with van der Waals surface area (Å²) in [4.78, 5) is 12.3. The number of nitrogens with one attached hydrogen (secondary N) is 1. The van der Waals surface area contributed by atoms with E-state index in [4.69, 9.17) is 0 Å². The summed E-state index contributed by atoms with van der Waals surface area (Å²) in [6.45, 7) is 1.90. The highest BCUT2D eigenvalue weighted by molar-refractivity contribution is 5.58. The fourth-order valence-corrected chi connectivity index (χ4v) is 2.56. The minimum absolute atomic E-state index is 0.0638. The molecule has 0 fully saturated rings. The minimum atomic E-state index is -4.30. The molecule has 2 aromatic heterocycles. The van der Waals surface area contributed by atoms with Gasteiger partial charge in [-0.2, -0.15) is 13.2 Å². The van der Waals surface area contributed by atoms with Crippen molar-refractivity contribution in [2.75, 3.05) is 5.32 Å². The molecule has 0 aliphatic heterocycles. The molecule has 0 aliphatic carbocycles. The van der Waals surface area contributed by atoms with Gasteiger partial charge >= 0.3 is 6.18 Å². The number of rotatable bonds is 5.